The van der Waals surface area contributed by atoms with E-state index < -0.39 is 36.9 Å². The van der Waals surface area contributed by atoms with Gasteiger partial charge in [0.25, 0.3) is 7.52 Å². The summed E-state index contributed by atoms with van der Waals surface area (Å²) < 4.78 is 86.8. The predicted octanol–water partition coefficient (Wildman–Crippen LogP) is 7.84. The predicted molar refractivity (Wildman–Crippen MR) is 96.9 cm³/mol. The molecule has 26 heavy (non-hydrogen) atoms. The summed E-state index contributed by atoms with van der Waals surface area (Å²) in [5, 5.41) is 0. The van der Waals surface area contributed by atoms with Gasteiger partial charge in [-0.3, -0.25) is 0 Å². The third-order valence-electron chi connectivity index (χ3n) is 2.62. The van der Waals surface area contributed by atoms with Crippen LogP contribution < -0.4 is 0 Å². The van der Waals surface area contributed by atoms with Crippen LogP contribution in [0.5, 0.6) is 0 Å². The normalized spacial score (nSPS) is 37.3. The molecule has 8 nitrogen and oxygen atoms in total. The quantitative estimate of drug-likeness (QED) is 0.188. The fourth-order valence-corrected chi connectivity index (χ4v) is 11.7. The Morgan fingerprint density at radius 2 is 1.35 bits per heavy atom. The Morgan fingerprint density at radius 3 is 1.81 bits per heavy atom. The molecule has 1 aliphatic rings. The zero-order valence-corrected chi connectivity index (χ0v) is 18.1. The lowest BCUT2D eigenvalue weighted by Crippen LogP contribution is -1.93. The second-order valence-electron chi connectivity index (χ2n) is 4.95. The summed E-state index contributed by atoms with van der Waals surface area (Å²) in [5.41, 5.74) is 0. The highest BCUT2D eigenvalue weighted by Crippen LogP contribution is 2.81. The first-order valence-corrected chi connectivity index (χ1v) is 14.0. The molecule has 0 aromatic heterocycles. The van der Waals surface area contributed by atoms with Crippen LogP contribution in [0, 0.1) is 0 Å². The molecular weight excluding hydrogens is 440 g/mol. The molecule has 0 saturated carbocycles. The van der Waals surface area contributed by atoms with Gasteiger partial charge >= 0.3 is 23.2 Å². The Balaban J connectivity index is 3.68. The maximum Gasteiger partial charge on any atom is 0.387 e. The maximum atomic E-state index is 15.2. The molecule has 0 saturated heterocycles. The lowest BCUT2D eigenvalue weighted by molar-refractivity contribution is -0.107. The molecule has 154 valence electrons. The van der Waals surface area contributed by atoms with Gasteiger partial charge in [0.15, 0.2) is 0 Å². The van der Waals surface area contributed by atoms with Crippen LogP contribution in [0.15, 0.2) is 18.1 Å². The number of aldehydes is 1. The Labute approximate surface area is 150 Å². The summed E-state index contributed by atoms with van der Waals surface area (Å²) in [7, 11) is -18.4. The van der Waals surface area contributed by atoms with Gasteiger partial charge in [0.2, 0.25) is 0 Å². The lowest BCUT2D eigenvalue weighted by atomic mass is 10.5. The molecule has 0 amide bonds. The van der Waals surface area contributed by atoms with Crippen LogP contribution in [-0.4, -0.2) is 32.8 Å². The highest BCUT2D eigenvalue weighted by Gasteiger charge is 2.40. The number of rotatable bonds is 10. The third-order valence-corrected chi connectivity index (χ3v) is 12.4. The van der Waals surface area contributed by atoms with Crippen molar-refractivity contribution in [2.75, 3.05) is 26.5 Å². The zero-order chi connectivity index (χ0) is 19.9. The Hall–Kier alpha value is 0.190. The summed E-state index contributed by atoms with van der Waals surface area (Å²) in [6.07, 6.45) is -0.0615. The standard InChI is InChI=1S/C10H22F4N4O4P4/c1-4-8-21-25(13)15-23(11,10-6-7-19)16-26(14,22-9-5-2)18-24(12,17-25)20-3/h7H,4-6,8-10H2,1-3H3. The monoisotopic (exact) mass is 462 g/mol. The third kappa shape index (κ3) is 7.31. The van der Waals surface area contributed by atoms with Crippen molar-refractivity contribution in [2.45, 2.75) is 33.1 Å². The molecule has 0 spiro atoms. The van der Waals surface area contributed by atoms with E-state index in [1.54, 1.807) is 13.8 Å². The molecule has 1 rings (SSSR count). The van der Waals surface area contributed by atoms with Gasteiger partial charge in [-0.15, -0.1) is 9.03 Å². The van der Waals surface area contributed by atoms with Crippen molar-refractivity contribution in [3.63, 3.8) is 0 Å². The molecule has 0 radical (unpaired) electrons. The van der Waals surface area contributed by atoms with Crippen LogP contribution in [-0.2, 0) is 18.4 Å². The Morgan fingerprint density at radius 1 is 0.846 bits per heavy atom. The van der Waals surface area contributed by atoms with E-state index in [0.29, 0.717) is 19.1 Å². The second-order valence-corrected chi connectivity index (χ2v) is 13.3. The summed E-state index contributed by atoms with van der Waals surface area (Å²) in [6, 6.07) is 0. The van der Waals surface area contributed by atoms with Crippen molar-refractivity contribution < 1.29 is 35.2 Å². The molecule has 1 heterocycles. The van der Waals surface area contributed by atoms with Gasteiger partial charge in [-0.1, -0.05) is 13.8 Å². The van der Waals surface area contributed by atoms with Crippen LogP contribution in [0.3, 0.4) is 0 Å². The van der Waals surface area contributed by atoms with Gasteiger partial charge < -0.3 is 18.4 Å². The van der Waals surface area contributed by atoms with Gasteiger partial charge in [-0.05, 0) is 12.8 Å². The van der Waals surface area contributed by atoms with Crippen LogP contribution in [0.25, 0.3) is 0 Å². The van der Waals surface area contributed by atoms with Crippen molar-refractivity contribution in [1.82, 2.24) is 0 Å². The Bertz CT molecular complexity index is 724. The first-order chi connectivity index (χ1) is 12.1. The molecule has 0 bridgehead atoms. The van der Waals surface area contributed by atoms with E-state index in [-0.39, 0.29) is 19.6 Å². The summed E-state index contributed by atoms with van der Waals surface area (Å²) in [6.45, 7) is 2.83. The van der Waals surface area contributed by atoms with Crippen LogP contribution >= 0.6 is 30.7 Å². The van der Waals surface area contributed by atoms with Gasteiger partial charge in [-0.2, -0.15) is 25.8 Å². The second kappa shape index (κ2) is 10.1. The average Bonchev–Trinajstić information content (AvgIpc) is 2.55. The highest BCUT2D eigenvalue weighted by molar-refractivity contribution is 7.79. The minimum absolute atomic E-state index is 0.225. The van der Waals surface area contributed by atoms with Crippen LogP contribution in [0.4, 0.5) is 16.8 Å². The van der Waals surface area contributed by atoms with E-state index in [9.17, 15) is 8.99 Å². The number of carbonyl (C=O) groups excluding carboxylic acids is 1. The molecule has 0 aliphatic carbocycles. The molecule has 0 N–H and O–H groups in total. The summed E-state index contributed by atoms with van der Waals surface area (Å²) in [5.74, 6) is 0. The van der Waals surface area contributed by atoms with E-state index in [1.807, 2.05) is 0 Å². The fourth-order valence-electron chi connectivity index (χ4n) is 1.58. The smallest absolute Gasteiger partial charge is 0.306 e. The maximum absolute atomic E-state index is 15.2. The summed E-state index contributed by atoms with van der Waals surface area (Å²) in [4.78, 5) is 10.6. The topological polar surface area (TPSA) is 94.2 Å². The molecule has 4 unspecified atom stereocenters. The van der Waals surface area contributed by atoms with E-state index in [4.69, 9.17) is 9.05 Å². The van der Waals surface area contributed by atoms with Gasteiger partial charge in [0.1, 0.15) is 6.29 Å². The van der Waals surface area contributed by atoms with Gasteiger partial charge in [0, 0.05) is 19.7 Å². The molecule has 0 aromatic carbocycles. The molecule has 0 aromatic rings. The van der Waals surface area contributed by atoms with Gasteiger partial charge in [0.05, 0.1) is 13.2 Å². The summed E-state index contributed by atoms with van der Waals surface area (Å²) >= 11 is 0. The molecule has 16 heteroatoms. The number of hydrogen-bond acceptors (Lipinski definition) is 8. The van der Waals surface area contributed by atoms with E-state index in [1.165, 1.54) is 0 Å². The number of carbonyl (C=O) groups is 1. The van der Waals surface area contributed by atoms with Crippen molar-refractivity contribution in [2.24, 2.45) is 18.1 Å². The first-order valence-electron chi connectivity index (χ1n) is 7.68. The van der Waals surface area contributed by atoms with Crippen molar-refractivity contribution >= 4 is 37.0 Å². The lowest BCUT2D eigenvalue weighted by Gasteiger charge is -2.22. The minimum Gasteiger partial charge on any atom is -0.306 e. The average molecular weight is 462 g/mol. The van der Waals surface area contributed by atoms with Gasteiger partial charge in [-0.25, -0.2) is 0 Å². The molecule has 1 aliphatic heterocycles. The number of nitrogens with zero attached hydrogens (tertiary/aromatic N) is 4. The zero-order valence-electron chi connectivity index (χ0n) is 14.5. The number of hydrogen-bond donors (Lipinski definition) is 0. The Kier molecular flexibility index (Phi) is 9.42. The van der Waals surface area contributed by atoms with Crippen molar-refractivity contribution in [1.29, 1.82) is 0 Å². The van der Waals surface area contributed by atoms with Crippen molar-refractivity contribution in [3.8, 4) is 0 Å². The molecule has 0 fully saturated rings. The van der Waals surface area contributed by atoms with Crippen LogP contribution in [0.2, 0.25) is 0 Å². The van der Waals surface area contributed by atoms with E-state index >= 15 is 12.6 Å². The molecule has 4 atom stereocenters. The highest BCUT2D eigenvalue weighted by atomic mass is 31.3. The van der Waals surface area contributed by atoms with Crippen LogP contribution in [0.1, 0.15) is 33.1 Å². The number of halogens is 4. The van der Waals surface area contributed by atoms with Crippen molar-refractivity contribution in [3.05, 3.63) is 0 Å². The minimum atomic E-state index is -4.88. The van der Waals surface area contributed by atoms with E-state index in [2.05, 4.69) is 22.6 Å². The van der Waals surface area contributed by atoms with E-state index in [0.717, 1.165) is 7.11 Å². The largest absolute Gasteiger partial charge is 0.387 e. The first kappa shape index (κ1) is 24.2. The fraction of sp³-hybridized carbons (Fsp3) is 0.900. The molecular formula is C10H22F4N4O4P4. The SMILES string of the molecule is CCCOP1(F)=NP(F)(CCC=O)=NP(F)(OCCC)=NP(F)(OC)=N1.